The third-order valence-corrected chi connectivity index (χ3v) is 7.62. The Morgan fingerprint density at radius 2 is 1.93 bits per heavy atom. The second-order valence-corrected chi connectivity index (χ2v) is 9.27. The van der Waals surface area contributed by atoms with Gasteiger partial charge < -0.3 is 15.7 Å². The zero-order valence-electron chi connectivity index (χ0n) is 16.9. The number of aliphatic hydroxyl groups excluding tert-OH is 1. The highest BCUT2D eigenvalue weighted by molar-refractivity contribution is 7.19. The van der Waals surface area contributed by atoms with Crippen LogP contribution in [0.3, 0.4) is 0 Å². The molecule has 0 saturated carbocycles. The summed E-state index contributed by atoms with van der Waals surface area (Å²) in [6, 6.07) is 5.78. The molecule has 2 aliphatic rings. The molecule has 3 aromatic heterocycles. The summed E-state index contributed by atoms with van der Waals surface area (Å²) in [5, 5.41) is 29.4. The van der Waals surface area contributed by atoms with Gasteiger partial charge in [-0.25, -0.2) is 4.98 Å². The standard InChI is InChI=1S/C21H23N7OS/c1-11-12(2)25-26-20-17(11)18(23)19(30-20)21(29)28-9-13-7-27(8-14(13)10-28)16-4-3-15(5-22)24-6-16/h3-4,6,13-14,21,29H,7-10,23H2,1-2H3. The van der Waals surface area contributed by atoms with E-state index in [0.29, 0.717) is 23.2 Å². The molecule has 0 aliphatic carbocycles. The fourth-order valence-electron chi connectivity index (χ4n) is 4.69. The topological polar surface area (TPSA) is 115 Å². The number of rotatable bonds is 3. The normalized spacial score (nSPS) is 22.4. The van der Waals surface area contributed by atoms with E-state index < -0.39 is 6.23 Å². The van der Waals surface area contributed by atoms with Gasteiger partial charge in [-0.15, -0.1) is 16.4 Å². The van der Waals surface area contributed by atoms with Crippen LogP contribution in [-0.4, -0.2) is 51.4 Å². The lowest BCUT2D eigenvalue weighted by Gasteiger charge is -2.26. The van der Waals surface area contributed by atoms with Gasteiger partial charge in [-0.2, -0.15) is 10.4 Å². The summed E-state index contributed by atoms with van der Waals surface area (Å²) in [5.74, 6) is 0.962. The summed E-state index contributed by atoms with van der Waals surface area (Å²) in [7, 11) is 0. The number of anilines is 2. The number of nitrogens with zero attached hydrogens (tertiary/aromatic N) is 6. The Bertz CT molecular complexity index is 1140. The molecule has 0 bridgehead atoms. The molecule has 0 aromatic carbocycles. The molecule has 3 aromatic rings. The van der Waals surface area contributed by atoms with Gasteiger partial charge in [-0.3, -0.25) is 4.90 Å². The van der Waals surface area contributed by atoms with Gasteiger partial charge in [-0.05, 0) is 43.4 Å². The monoisotopic (exact) mass is 421 g/mol. The fourth-order valence-corrected chi connectivity index (χ4v) is 5.82. The minimum Gasteiger partial charge on any atom is -0.397 e. The molecular formula is C21H23N7OS. The van der Waals surface area contributed by atoms with Crippen LogP contribution in [0, 0.1) is 37.0 Å². The lowest BCUT2D eigenvalue weighted by Crippen LogP contribution is -2.31. The number of thiophene rings is 1. The number of aliphatic hydroxyl groups is 1. The van der Waals surface area contributed by atoms with E-state index in [4.69, 9.17) is 11.0 Å². The van der Waals surface area contributed by atoms with E-state index >= 15 is 0 Å². The van der Waals surface area contributed by atoms with Gasteiger partial charge in [0.15, 0.2) is 0 Å². The lowest BCUT2D eigenvalue weighted by molar-refractivity contribution is 0.0176. The Kier molecular flexibility index (Phi) is 4.58. The SMILES string of the molecule is Cc1nnc2sc(C(O)N3CC4CN(c5ccc(C#N)nc5)CC4C3)c(N)c2c1C. The molecule has 0 spiro atoms. The van der Waals surface area contributed by atoms with Crippen molar-refractivity contribution in [2.75, 3.05) is 36.8 Å². The van der Waals surface area contributed by atoms with Gasteiger partial charge in [0.1, 0.15) is 22.8 Å². The molecule has 3 unspecified atom stereocenters. The molecule has 5 heterocycles. The predicted octanol–water partition coefficient (Wildman–Crippen LogP) is 2.22. The van der Waals surface area contributed by atoms with E-state index in [1.165, 1.54) is 11.3 Å². The maximum absolute atomic E-state index is 11.1. The Morgan fingerprint density at radius 1 is 1.20 bits per heavy atom. The maximum Gasteiger partial charge on any atom is 0.148 e. The van der Waals surface area contributed by atoms with Crippen LogP contribution in [0.4, 0.5) is 11.4 Å². The van der Waals surface area contributed by atoms with Crippen molar-refractivity contribution in [3.8, 4) is 6.07 Å². The van der Waals surface area contributed by atoms with Crippen LogP contribution in [0.5, 0.6) is 0 Å². The summed E-state index contributed by atoms with van der Waals surface area (Å²) < 4.78 is 0. The van der Waals surface area contributed by atoms with Gasteiger partial charge in [0, 0.05) is 31.6 Å². The van der Waals surface area contributed by atoms with Crippen molar-refractivity contribution in [2.45, 2.75) is 20.1 Å². The average Bonchev–Trinajstić information content (AvgIpc) is 3.42. The highest BCUT2D eigenvalue weighted by atomic mass is 32.1. The minimum absolute atomic E-state index is 0.434. The summed E-state index contributed by atoms with van der Waals surface area (Å²) in [5.41, 5.74) is 10.4. The zero-order chi connectivity index (χ0) is 21.0. The highest BCUT2D eigenvalue weighted by Crippen LogP contribution is 2.42. The third kappa shape index (κ3) is 2.99. The number of nitrogens with two attached hydrogens (primary N) is 1. The van der Waals surface area contributed by atoms with Crippen molar-refractivity contribution in [3.63, 3.8) is 0 Å². The molecule has 0 radical (unpaired) electrons. The van der Waals surface area contributed by atoms with E-state index in [9.17, 15) is 5.11 Å². The van der Waals surface area contributed by atoms with Gasteiger partial charge in [0.25, 0.3) is 0 Å². The number of fused-ring (bicyclic) bond motifs is 2. The molecule has 2 aliphatic heterocycles. The number of hydrogen-bond acceptors (Lipinski definition) is 9. The number of hydrogen-bond donors (Lipinski definition) is 2. The van der Waals surface area contributed by atoms with Crippen LogP contribution in [0.2, 0.25) is 0 Å². The lowest BCUT2D eigenvalue weighted by atomic mass is 10.0. The van der Waals surface area contributed by atoms with Crippen molar-refractivity contribution in [3.05, 3.63) is 40.2 Å². The molecule has 154 valence electrons. The quantitative estimate of drug-likeness (QED) is 0.661. The Hall–Kier alpha value is -2.80. The van der Waals surface area contributed by atoms with Crippen molar-refractivity contribution >= 4 is 32.9 Å². The summed E-state index contributed by atoms with van der Waals surface area (Å²) >= 11 is 1.44. The molecule has 30 heavy (non-hydrogen) atoms. The van der Waals surface area contributed by atoms with Crippen LogP contribution in [0.1, 0.15) is 28.1 Å². The van der Waals surface area contributed by atoms with Crippen molar-refractivity contribution in [1.29, 1.82) is 5.26 Å². The predicted molar refractivity (Wildman–Crippen MR) is 116 cm³/mol. The molecule has 8 nitrogen and oxygen atoms in total. The van der Waals surface area contributed by atoms with E-state index in [2.05, 4.69) is 31.1 Å². The van der Waals surface area contributed by atoms with Crippen molar-refractivity contribution in [1.82, 2.24) is 20.1 Å². The summed E-state index contributed by atoms with van der Waals surface area (Å²) in [6.45, 7) is 7.41. The molecule has 9 heteroatoms. The smallest absolute Gasteiger partial charge is 0.148 e. The van der Waals surface area contributed by atoms with Crippen molar-refractivity contribution in [2.24, 2.45) is 11.8 Å². The summed E-state index contributed by atoms with van der Waals surface area (Å²) in [4.78, 5) is 10.2. The molecule has 5 rings (SSSR count). The maximum atomic E-state index is 11.1. The average molecular weight is 422 g/mol. The fraction of sp³-hybridized carbons (Fsp3) is 0.429. The Labute approximate surface area is 178 Å². The first-order valence-electron chi connectivity index (χ1n) is 10.0. The molecule has 3 atom stereocenters. The van der Waals surface area contributed by atoms with E-state index in [-0.39, 0.29) is 0 Å². The van der Waals surface area contributed by atoms with Gasteiger partial charge in [0.2, 0.25) is 0 Å². The number of aromatic nitrogens is 3. The Morgan fingerprint density at radius 3 is 2.57 bits per heavy atom. The van der Waals surface area contributed by atoms with E-state index in [1.807, 2.05) is 19.9 Å². The zero-order valence-corrected chi connectivity index (χ0v) is 17.7. The third-order valence-electron chi connectivity index (χ3n) is 6.49. The largest absolute Gasteiger partial charge is 0.397 e. The number of nitrogen functional groups attached to an aromatic ring is 1. The number of likely N-dealkylation sites (tertiary alicyclic amines) is 1. The second-order valence-electron chi connectivity index (χ2n) is 8.24. The molecular weight excluding hydrogens is 398 g/mol. The van der Waals surface area contributed by atoms with Gasteiger partial charge in [0.05, 0.1) is 28.1 Å². The van der Waals surface area contributed by atoms with E-state index in [0.717, 1.165) is 58.2 Å². The van der Waals surface area contributed by atoms with Gasteiger partial charge in [-0.1, -0.05) is 0 Å². The first kappa shape index (κ1) is 19.2. The number of pyridine rings is 1. The van der Waals surface area contributed by atoms with Crippen LogP contribution in [0.15, 0.2) is 18.3 Å². The molecule has 0 amide bonds. The highest BCUT2D eigenvalue weighted by Gasteiger charge is 2.42. The first-order chi connectivity index (χ1) is 14.5. The van der Waals surface area contributed by atoms with Crippen LogP contribution >= 0.6 is 11.3 Å². The minimum atomic E-state index is -0.723. The van der Waals surface area contributed by atoms with Crippen molar-refractivity contribution < 1.29 is 5.11 Å². The first-order valence-corrected chi connectivity index (χ1v) is 10.8. The molecule has 2 fully saturated rings. The van der Waals surface area contributed by atoms with Crippen LogP contribution in [-0.2, 0) is 0 Å². The van der Waals surface area contributed by atoms with Gasteiger partial charge >= 0.3 is 0 Å². The molecule has 2 saturated heterocycles. The Balaban J connectivity index is 1.32. The molecule has 3 N–H and O–H groups in total. The second kappa shape index (κ2) is 7.16. The van der Waals surface area contributed by atoms with Crippen LogP contribution in [0.25, 0.3) is 10.2 Å². The summed E-state index contributed by atoms with van der Waals surface area (Å²) in [6.07, 6.45) is 1.05. The van der Waals surface area contributed by atoms with Crippen LogP contribution < -0.4 is 10.6 Å². The number of nitriles is 1. The number of aryl methyl sites for hydroxylation is 2. The van der Waals surface area contributed by atoms with E-state index in [1.54, 1.807) is 12.3 Å².